The number of hydrogen-bond donors (Lipinski definition) is 0. The van der Waals surface area contributed by atoms with Crippen molar-refractivity contribution in [1.29, 1.82) is 0 Å². The van der Waals surface area contributed by atoms with Gasteiger partial charge in [0.25, 0.3) is 0 Å². The highest BCUT2D eigenvalue weighted by Crippen LogP contribution is 2.29. The van der Waals surface area contributed by atoms with Crippen LogP contribution in [0.4, 0.5) is 18.0 Å². The van der Waals surface area contributed by atoms with E-state index in [0.29, 0.717) is 6.07 Å². The van der Waals surface area contributed by atoms with E-state index in [1.165, 1.54) is 0 Å². The topological polar surface area (TPSA) is 77.9 Å². The number of ether oxygens (including phenoxy) is 2. The van der Waals surface area contributed by atoms with Crippen molar-refractivity contribution >= 4 is 29.4 Å². The average molecular weight is 381 g/mol. The zero-order valence-corrected chi connectivity index (χ0v) is 14.7. The van der Waals surface area contributed by atoms with Crippen LogP contribution in [-0.4, -0.2) is 35.5 Å². The number of pyridine rings is 1. The third kappa shape index (κ3) is 6.69. The molecule has 0 saturated carbocycles. The van der Waals surface area contributed by atoms with Crippen molar-refractivity contribution < 1.29 is 32.2 Å². The minimum atomic E-state index is -4.65. The van der Waals surface area contributed by atoms with Crippen LogP contribution in [0.1, 0.15) is 32.0 Å². The smallest absolute Gasteiger partial charge is 0.434 e. The summed E-state index contributed by atoms with van der Waals surface area (Å²) in [6.07, 6.45) is -6.04. The molecular formula is C15H16ClF3N2O4. The van der Waals surface area contributed by atoms with Crippen molar-refractivity contribution in [3.05, 3.63) is 28.5 Å². The maximum Gasteiger partial charge on any atom is 0.434 e. The summed E-state index contributed by atoms with van der Waals surface area (Å²) in [5, 5.41) is -0.462. The Balaban J connectivity index is 3.12. The fourth-order valence-electron chi connectivity index (χ4n) is 1.60. The van der Waals surface area contributed by atoms with E-state index in [4.69, 9.17) is 16.3 Å². The minimum absolute atomic E-state index is 0.0716. The largest absolute Gasteiger partial charge is 0.465 e. The standard InChI is InChI=1S/C15H16ClF3N2O4/c1-14(2,3)25-13(23)20-9(12(22)24-4)7-8-5-6-10(15(17,18)19)21-11(8)16/h5-6H,7H2,1-4H3. The fourth-order valence-corrected chi connectivity index (χ4v) is 1.82. The number of carbonyl (C=O) groups is 2. The normalized spacial score (nSPS) is 12.7. The SMILES string of the molecule is COC(=O)C(Cc1ccc(C(F)(F)F)nc1Cl)=NC(=O)OC(C)(C)C. The Morgan fingerprint density at radius 1 is 1.24 bits per heavy atom. The Kier molecular flexibility index (Phi) is 6.53. The van der Waals surface area contributed by atoms with Gasteiger partial charge in [-0.1, -0.05) is 17.7 Å². The molecule has 0 aliphatic carbocycles. The molecule has 25 heavy (non-hydrogen) atoms. The molecule has 0 bridgehead atoms. The molecule has 1 amide bonds. The lowest BCUT2D eigenvalue weighted by Crippen LogP contribution is -2.25. The maximum absolute atomic E-state index is 12.6. The number of rotatable bonds is 3. The number of halogens is 4. The molecule has 0 fully saturated rings. The van der Waals surface area contributed by atoms with Crippen molar-refractivity contribution in [2.24, 2.45) is 4.99 Å². The summed E-state index contributed by atoms with van der Waals surface area (Å²) in [7, 11) is 1.07. The van der Waals surface area contributed by atoms with Crippen molar-refractivity contribution in [3.8, 4) is 0 Å². The second kappa shape index (κ2) is 7.81. The predicted molar refractivity (Wildman–Crippen MR) is 83.6 cm³/mol. The van der Waals surface area contributed by atoms with Crippen molar-refractivity contribution in [2.45, 2.75) is 39.0 Å². The monoisotopic (exact) mass is 380 g/mol. The number of aromatic nitrogens is 1. The van der Waals surface area contributed by atoms with Crippen LogP contribution in [-0.2, 0) is 26.9 Å². The molecule has 0 aliphatic heterocycles. The van der Waals surface area contributed by atoms with E-state index < -0.39 is 34.7 Å². The van der Waals surface area contributed by atoms with E-state index in [1.807, 2.05) is 0 Å². The van der Waals surface area contributed by atoms with E-state index in [-0.39, 0.29) is 17.7 Å². The first-order valence-electron chi connectivity index (χ1n) is 6.95. The van der Waals surface area contributed by atoms with E-state index >= 15 is 0 Å². The lowest BCUT2D eigenvalue weighted by atomic mass is 10.1. The molecule has 0 atom stereocenters. The molecule has 0 unspecified atom stereocenters. The summed E-state index contributed by atoms with van der Waals surface area (Å²) in [5.74, 6) is -0.943. The minimum Gasteiger partial charge on any atom is -0.465 e. The summed E-state index contributed by atoms with van der Waals surface area (Å²) in [6, 6.07) is 1.76. The summed E-state index contributed by atoms with van der Waals surface area (Å²) in [6.45, 7) is 4.82. The molecule has 0 aliphatic rings. The first-order valence-corrected chi connectivity index (χ1v) is 7.32. The highest BCUT2D eigenvalue weighted by Gasteiger charge is 2.33. The molecule has 1 heterocycles. The van der Waals surface area contributed by atoms with Crippen molar-refractivity contribution in [3.63, 3.8) is 0 Å². The molecule has 6 nitrogen and oxygen atoms in total. The third-order valence-electron chi connectivity index (χ3n) is 2.62. The fraction of sp³-hybridized carbons (Fsp3) is 0.467. The van der Waals surface area contributed by atoms with Gasteiger partial charge in [-0.2, -0.15) is 18.2 Å². The number of alkyl halides is 3. The number of nitrogens with zero attached hydrogens (tertiary/aromatic N) is 2. The predicted octanol–water partition coefficient (Wildman–Crippen LogP) is 3.85. The number of carbonyl (C=O) groups excluding carboxylic acids is 2. The summed E-state index contributed by atoms with van der Waals surface area (Å²) >= 11 is 5.74. The molecule has 138 valence electrons. The number of methoxy groups -OCH3 is 1. The van der Waals surface area contributed by atoms with Crippen LogP contribution in [0, 0.1) is 0 Å². The quantitative estimate of drug-likeness (QED) is 0.452. The van der Waals surface area contributed by atoms with E-state index in [1.54, 1.807) is 20.8 Å². The Bertz CT molecular complexity index is 697. The maximum atomic E-state index is 12.6. The third-order valence-corrected chi connectivity index (χ3v) is 2.94. The Morgan fingerprint density at radius 2 is 1.84 bits per heavy atom. The lowest BCUT2D eigenvalue weighted by molar-refractivity contribution is -0.141. The molecule has 1 aromatic rings. The Morgan fingerprint density at radius 3 is 2.28 bits per heavy atom. The van der Waals surface area contributed by atoms with Crippen LogP contribution < -0.4 is 0 Å². The first kappa shape index (κ1) is 20.9. The number of aliphatic imine (C=N–C) groups is 1. The van der Waals surface area contributed by atoms with Crippen LogP contribution in [0.25, 0.3) is 0 Å². The van der Waals surface area contributed by atoms with Crippen molar-refractivity contribution in [1.82, 2.24) is 4.98 Å². The number of amides is 1. The molecule has 0 N–H and O–H groups in total. The summed E-state index contributed by atoms with van der Waals surface area (Å²) in [4.78, 5) is 30.2. The second-order valence-electron chi connectivity index (χ2n) is 5.85. The van der Waals surface area contributed by atoms with Gasteiger partial charge in [0.05, 0.1) is 7.11 Å². The lowest BCUT2D eigenvalue weighted by Gasteiger charge is -2.17. The van der Waals surface area contributed by atoms with Gasteiger partial charge in [-0.05, 0) is 32.4 Å². The van der Waals surface area contributed by atoms with Crippen molar-refractivity contribution in [2.75, 3.05) is 7.11 Å². The van der Waals surface area contributed by atoms with Gasteiger partial charge in [0.15, 0.2) is 0 Å². The van der Waals surface area contributed by atoms with E-state index in [9.17, 15) is 22.8 Å². The first-order chi connectivity index (χ1) is 11.3. The molecule has 1 aromatic heterocycles. The molecule has 10 heteroatoms. The Labute approximate surface area is 147 Å². The van der Waals surface area contributed by atoms with E-state index in [0.717, 1.165) is 13.2 Å². The molecule has 0 spiro atoms. The number of esters is 1. The highest BCUT2D eigenvalue weighted by molar-refractivity contribution is 6.39. The Hall–Kier alpha value is -2.16. The highest BCUT2D eigenvalue weighted by atomic mass is 35.5. The molecular weight excluding hydrogens is 365 g/mol. The summed E-state index contributed by atoms with van der Waals surface area (Å²) < 4.78 is 47.3. The van der Waals surface area contributed by atoms with Crippen LogP contribution >= 0.6 is 11.6 Å². The van der Waals surface area contributed by atoms with Gasteiger partial charge in [0, 0.05) is 6.42 Å². The van der Waals surface area contributed by atoms with Gasteiger partial charge in [-0.15, -0.1) is 0 Å². The average Bonchev–Trinajstić information content (AvgIpc) is 2.44. The van der Waals surface area contributed by atoms with Crippen LogP contribution in [0.5, 0.6) is 0 Å². The van der Waals surface area contributed by atoms with E-state index in [2.05, 4.69) is 14.7 Å². The molecule has 0 aromatic carbocycles. The van der Waals surface area contributed by atoms with Gasteiger partial charge in [-0.3, -0.25) is 0 Å². The zero-order valence-electron chi connectivity index (χ0n) is 13.9. The summed E-state index contributed by atoms with van der Waals surface area (Å²) in [5.41, 5.74) is -2.32. The zero-order chi connectivity index (χ0) is 19.4. The van der Waals surface area contributed by atoms with Gasteiger partial charge in [-0.25, -0.2) is 14.6 Å². The van der Waals surface area contributed by atoms with Gasteiger partial charge >= 0.3 is 18.2 Å². The molecule has 0 saturated heterocycles. The van der Waals surface area contributed by atoms with Crippen LogP contribution in [0.15, 0.2) is 17.1 Å². The van der Waals surface area contributed by atoms with Crippen LogP contribution in [0.3, 0.4) is 0 Å². The number of hydrogen-bond acceptors (Lipinski definition) is 5. The molecule has 0 radical (unpaired) electrons. The van der Waals surface area contributed by atoms with Gasteiger partial charge < -0.3 is 9.47 Å². The van der Waals surface area contributed by atoms with Gasteiger partial charge in [0.1, 0.15) is 22.2 Å². The second-order valence-corrected chi connectivity index (χ2v) is 6.21. The van der Waals surface area contributed by atoms with Crippen LogP contribution in [0.2, 0.25) is 5.15 Å². The van der Waals surface area contributed by atoms with Gasteiger partial charge in [0.2, 0.25) is 0 Å². The molecule has 1 rings (SSSR count).